The standard InChI is InChI=1S/C18H28O3/c1-4-7-8-9-10-11-16(19)15-12-13-17(20-5-2)18(14-15)21-6-3/h4,12-14,16,19H,1,5-11H2,2-3H3. The number of allylic oxidation sites excluding steroid dienone is 1. The molecule has 0 radical (unpaired) electrons. The molecule has 0 saturated carbocycles. The molecule has 0 amide bonds. The molecule has 0 aliphatic carbocycles. The van der Waals surface area contributed by atoms with Crippen molar-refractivity contribution in [3.8, 4) is 11.5 Å². The van der Waals surface area contributed by atoms with Crippen LogP contribution in [0.1, 0.15) is 57.6 Å². The lowest BCUT2D eigenvalue weighted by molar-refractivity contribution is 0.162. The highest BCUT2D eigenvalue weighted by Gasteiger charge is 2.12. The van der Waals surface area contributed by atoms with Crippen LogP contribution in [0.4, 0.5) is 0 Å². The van der Waals surface area contributed by atoms with E-state index >= 15 is 0 Å². The van der Waals surface area contributed by atoms with E-state index in [9.17, 15) is 5.11 Å². The first kappa shape index (κ1) is 17.6. The third-order valence-electron chi connectivity index (χ3n) is 3.34. The molecule has 0 aromatic heterocycles. The van der Waals surface area contributed by atoms with Gasteiger partial charge in [-0.05, 0) is 50.8 Å². The van der Waals surface area contributed by atoms with Crippen molar-refractivity contribution in [2.45, 2.75) is 52.1 Å². The van der Waals surface area contributed by atoms with Gasteiger partial charge in [0.05, 0.1) is 19.3 Å². The van der Waals surface area contributed by atoms with Crippen LogP contribution in [-0.2, 0) is 0 Å². The second kappa shape index (κ2) is 10.3. The Balaban J connectivity index is 2.60. The molecule has 0 spiro atoms. The molecule has 0 aliphatic heterocycles. The number of rotatable bonds is 11. The van der Waals surface area contributed by atoms with E-state index in [1.807, 2.05) is 38.1 Å². The molecule has 1 aromatic rings. The first-order chi connectivity index (χ1) is 10.2. The molecule has 0 bridgehead atoms. The average molecular weight is 292 g/mol. The van der Waals surface area contributed by atoms with Gasteiger partial charge in [-0.15, -0.1) is 6.58 Å². The monoisotopic (exact) mass is 292 g/mol. The fourth-order valence-corrected chi connectivity index (χ4v) is 2.24. The first-order valence-electron chi connectivity index (χ1n) is 7.91. The minimum atomic E-state index is -0.441. The Morgan fingerprint density at radius 1 is 1.10 bits per heavy atom. The molecule has 1 N–H and O–H groups in total. The number of aliphatic hydroxyl groups excluding tert-OH is 1. The molecule has 0 saturated heterocycles. The van der Waals surface area contributed by atoms with E-state index in [1.165, 1.54) is 0 Å². The number of unbranched alkanes of at least 4 members (excludes halogenated alkanes) is 3. The van der Waals surface area contributed by atoms with Gasteiger partial charge in [-0.3, -0.25) is 0 Å². The van der Waals surface area contributed by atoms with Crippen molar-refractivity contribution in [1.29, 1.82) is 0 Å². The van der Waals surface area contributed by atoms with Crippen LogP contribution in [0.2, 0.25) is 0 Å². The summed E-state index contributed by atoms with van der Waals surface area (Å²) in [5, 5.41) is 10.3. The smallest absolute Gasteiger partial charge is 0.161 e. The lowest BCUT2D eigenvalue weighted by Crippen LogP contribution is -2.02. The van der Waals surface area contributed by atoms with E-state index in [1.54, 1.807) is 0 Å². The van der Waals surface area contributed by atoms with Gasteiger partial charge in [0.25, 0.3) is 0 Å². The summed E-state index contributed by atoms with van der Waals surface area (Å²) >= 11 is 0. The summed E-state index contributed by atoms with van der Waals surface area (Å²) in [5.74, 6) is 1.45. The van der Waals surface area contributed by atoms with Gasteiger partial charge in [-0.25, -0.2) is 0 Å². The van der Waals surface area contributed by atoms with Crippen molar-refractivity contribution >= 4 is 0 Å². The molecule has 0 fully saturated rings. The molecule has 1 atom stereocenters. The highest BCUT2D eigenvalue weighted by molar-refractivity contribution is 5.43. The predicted molar refractivity (Wildman–Crippen MR) is 87.0 cm³/mol. The van der Waals surface area contributed by atoms with E-state index in [0.29, 0.717) is 19.0 Å². The van der Waals surface area contributed by atoms with Crippen LogP contribution in [0.15, 0.2) is 30.9 Å². The maximum absolute atomic E-state index is 10.3. The van der Waals surface area contributed by atoms with Crippen LogP contribution in [0.25, 0.3) is 0 Å². The Kier molecular flexibility index (Phi) is 8.60. The van der Waals surface area contributed by atoms with E-state index in [2.05, 4.69) is 6.58 Å². The lowest BCUT2D eigenvalue weighted by Gasteiger charge is -2.15. The molecule has 3 heteroatoms. The first-order valence-corrected chi connectivity index (χ1v) is 7.91. The largest absolute Gasteiger partial charge is 0.490 e. The molecule has 1 aromatic carbocycles. The molecule has 0 heterocycles. The molecule has 118 valence electrons. The second-order valence-corrected chi connectivity index (χ2v) is 5.01. The van der Waals surface area contributed by atoms with Crippen molar-refractivity contribution in [2.24, 2.45) is 0 Å². The van der Waals surface area contributed by atoms with Crippen LogP contribution < -0.4 is 9.47 Å². The number of ether oxygens (including phenoxy) is 2. The summed E-state index contributed by atoms with van der Waals surface area (Å²) in [6.07, 6.45) is 6.61. The van der Waals surface area contributed by atoms with Gasteiger partial charge < -0.3 is 14.6 Å². The molecule has 1 rings (SSSR count). The zero-order valence-corrected chi connectivity index (χ0v) is 13.3. The van der Waals surface area contributed by atoms with Gasteiger partial charge in [0.2, 0.25) is 0 Å². The average Bonchev–Trinajstić information content (AvgIpc) is 2.49. The number of hydrogen-bond acceptors (Lipinski definition) is 3. The van der Waals surface area contributed by atoms with Crippen molar-refractivity contribution in [3.05, 3.63) is 36.4 Å². The number of hydrogen-bond donors (Lipinski definition) is 1. The topological polar surface area (TPSA) is 38.7 Å². The predicted octanol–water partition coefficient (Wildman–Crippen LogP) is 4.65. The second-order valence-electron chi connectivity index (χ2n) is 5.01. The minimum Gasteiger partial charge on any atom is -0.490 e. The van der Waals surface area contributed by atoms with Crippen LogP contribution in [0, 0.1) is 0 Å². The molecular weight excluding hydrogens is 264 g/mol. The quantitative estimate of drug-likeness (QED) is 0.476. The van der Waals surface area contributed by atoms with Gasteiger partial charge >= 0.3 is 0 Å². The highest BCUT2D eigenvalue weighted by Crippen LogP contribution is 2.32. The maximum Gasteiger partial charge on any atom is 0.161 e. The fourth-order valence-electron chi connectivity index (χ4n) is 2.24. The summed E-state index contributed by atoms with van der Waals surface area (Å²) in [6, 6.07) is 5.69. The van der Waals surface area contributed by atoms with Crippen molar-refractivity contribution in [3.63, 3.8) is 0 Å². The summed E-state index contributed by atoms with van der Waals surface area (Å²) in [7, 11) is 0. The Morgan fingerprint density at radius 3 is 2.48 bits per heavy atom. The fraction of sp³-hybridized carbons (Fsp3) is 0.556. The number of aliphatic hydroxyl groups is 1. The number of benzene rings is 1. The summed E-state index contributed by atoms with van der Waals surface area (Å²) in [6.45, 7) is 8.79. The van der Waals surface area contributed by atoms with Crippen molar-refractivity contribution < 1.29 is 14.6 Å². The zero-order valence-electron chi connectivity index (χ0n) is 13.3. The van der Waals surface area contributed by atoms with Crippen LogP contribution >= 0.6 is 0 Å². The van der Waals surface area contributed by atoms with Crippen molar-refractivity contribution in [2.75, 3.05) is 13.2 Å². The zero-order chi connectivity index (χ0) is 15.5. The molecule has 3 nitrogen and oxygen atoms in total. The van der Waals surface area contributed by atoms with Crippen LogP contribution in [-0.4, -0.2) is 18.3 Å². The Morgan fingerprint density at radius 2 is 1.81 bits per heavy atom. The van der Waals surface area contributed by atoms with Gasteiger partial charge in [0, 0.05) is 0 Å². The van der Waals surface area contributed by atoms with Crippen molar-refractivity contribution in [1.82, 2.24) is 0 Å². The minimum absolute atomic E-state index is 0.441. The van der Waals surface area contributed by atoms with E-state index < -0.39 is 6.10 Å². The summed E-state index contributed by atoms with van der Waals surface area (Å²) in [5.41, 5.74) is 0.894. The van der Waals surface area contributed by atoms with Crippen LogP contribution in [0.5, 0.6) is 11.5 Å². The molecule has 21 heavy (non-hydrogen) atoms. The van der Waals surface area contributed by atoms with Gasteiger partial charge in [-0.2, -0.15) is 0 Å². The highest BCUT2D eigenvalue weighted by atomic mass is 16.5. The maximum atomic E-state index is 10.3. The third kappa shape index (κ3) is 6.21. The lowest BCUT2D eigenvalue weighted by atomic mass is 10.0. The van der Waals surface area contributed by atoms with Crippen LogP contribution in [0.3, 0.4) is 0 Å². The summed E-state index contributed by atoms with van der Waals surface area (Å²) in [4.78, 5) is 0. The SMILES string of the molecule is C=CCCCCCC(O)c1ccc(OCC)c(OCC)c1. The molecule has 0 aliphatic rings. The Labute approximate surface area is 128 Å². The van der Waals surface area contributed by atoms with E-state index in [-0.39, 0.29) is 0 Å². The van der Waals surface area contributed by atoms with E-state index in [4.69, 9.17) is 9.47 Å². The third-order valence-corrected chi connectivity index (χ3v) is 3.34. The van der Waals surface area contributed by atoms with Gasteiger partial charge in [0.15, 0.2) is 11.5 Å². The molecular formula is C18H28O3. The Bertz CT molecular complexity index is 415. The van der Waals surface area contributed by atoms with Gasteiger partial charge in [0.1, 0.15) is 0 Å². The molecule has 1 unspecified atom stereocenters. The Hall–Kier alpha value is -1.48. The normalized spacial score (nSPS) is 12.0. The summed E-state index contributed by atoms with van der Waals surface area (Å²) < 4.78 is 11.1. The van der Waals surface area contributed by atoms with Gasteiger partial charge in [-0.1, -0.05) is 25.0 Å². The van der Waals surface area contributed by atoms with E-state index in [0.717, 1.165) is 43.4 Å².